The summed E-state index contributed by atoms with van der Waals surface area (Å²) in [6.07, 6.45) is 0.798. The van der Waals surface area contributed by atoms with Crippen LogP contribution in [-0.2, 0) is 9.53 Å². The first-order chi connectivity index (χ1) is 14.9. The number of hydrogen-bond acceptors (Lipinski definition) is 8. The van der Waals surface area contributed by atoms with Gasteiger partial charge in [0, 0.05) is 11.5 Å². The minimum Gasteiger partial charge on any atom is -0.507 e. The lowest BCUT2D eigenvalue weighted by atomic mass is 9.88. The molecule has 31 heavy (non-hydrogen) atoms. The van der Waals surface area contributed by atoms with Crippen LogP contribution < -0.4 is 15.8 Å². The number of fused-ring (bicyclic) bond motifs is 2. The van der Waals surface area contributed by atoms with E-state index in [0.29, 0.717) is 11.3 Å². The van der Waals surface area contributed by atoms with Crippen LogP contribution in [0.2, 0.25) is 0 Å². The molecule has 0 saturated carbocycles. The van der Waals surface area contributed by atoms with Gasteiger partial charge in [0.15, 0.2) is 5.43 Å². The molecule has 0 amide bonds. The average Bonchev–Trinajstić information content (AvgIpc) is 2.78. The van der Waals surface area contributed by atoms with Crippen molar-refractivity contribution in [1.82, 2.24) is 0 Å². The highest BCUT2D eigenvalue weighted by Crippen LogP contribution is 2.36. The fourth-order valence-electron chi connectivity index (χ4n) is 3.57. The lowest BCUT2D eigenvalue weighted by Gasteiger charge is -2.17. The number of carbonyl (C=O) groups excluding carboxylic acids is 1. The molecule has 8 nitrogen and oxygen atoms in total. The van der Waals surface area contributed by atoms with Gasteiger partial charge in [-0.15, -0.1) is 0 Å². The molecule has 2 heterocycles. The molecule has 1 atom stereocenters. The second kappa shape index (κ2) is 7.98. The molecule has 0 aliphatic carbocycles. The predicted octanol–water partition coefficient (Wildman–Crippen LogP) is 3.31. The summed E-state index contributed by atoms with van der Waals surface area (Å²) >= 11 is 0. The van der Waals surface area contributed by atoms with Crippen LogP contribution in [0.25, 0.3) is 21.9 Å². The number of hydrogen-bond donors (Lipinski definition) is 1. The Labute approximate surface area is 175 Å². The van der Waals surface area contributed by atoms with E-state index >= 15 is 0 Å². The van der Waals surface area contributed by atoms with E-state index in [1.54, 1.807) is 30.3 Å². The van der Waals surface area contributed by atoms with E-state index in [1.165, 1.54) is 32.6 Å². The quantitative estimate of drug-likeness (QED) is 0.385. The smallest absolute Gasteiger partial charge is 0.343 e. The summed E-state index contributed by atoms with van der Waals surface area (Å²) in [5.41, 5.74) is -1.07. The third-order valence-corrected chi connectivity index (χ3v) is 5.15. The number of carbonyl (C=O) groups is 1. The van der Waals surface area contributed by atoms with Crippen molar-refractivity contribution in [3.63, 3.8) is 0 Å². The first kappa shape index (κ1) is 20.2. The summed E-state index contributed by atoms with van der Waals surface area (Å²) in [7, 11) is 2.65. The second-order valence-corrected chi connectivity index (χ2v) is 6.86. The Morgan fingerprint density at radius 3 is 2.58 bits per heavy atom. The summed E-state index contributed by atoms with van der Waals surface area (Å²) in [6, 6.07) is 11.1. The van der Waals surface area contributed by atoms with E-state index < -0.39 is 22.9 Å². The van der Waals surface area contributed by atoms with Gasteiger partial charge in [0.2, 0.25) is 0 Å². The molecule has 2 aromatic carbocycles. The number of para-hydroxylation sites is 1. The molecule has 0 aliphatic heterocycles. The molecule has 0 spiro atoms. The zero-order chi connectivity index (χ0) is 22.1. The van der Waals surface area contributed by atoms with E-state index in [0.717, 1.165) is 0 Å². The van der Waals surface area contributed by atoms with Gasteiger partial charge in [0.05, 0.1) is 43.2 Å². The number of ether oxygens (including phenoxy) is 2. The molecule has 158 valence electrons. The molecule has 2 aromatic heterocycles. The van der Waals surface area contributed by atoms with Gasteiger partial charge >= 0.3 is 11.6 Å². The van der Waals surface area contributed by atoms with Gasteiger partial charge in [0.25, 0.3) is 0 Å². The van der Waals surface area contributed by atoms with Crippen molar-refractivity contribution in [2.24, 2.45) is 0 Å². The summed E-state index contributed by atoms with van der Waals surface area (Å²) in [5, 5.41) is 11.4. The molecule has 0 saturated heterocycles. The Balaban J connectivity index is 2.00. The Kier molecular flexibility index (Phi) is 5.21. The maximum atomic E-state index is 13.3. The lowest BCUT2D eigenvalue weighted by molar-refractivity contribution is -0.140. The molecule has 8 heteroatoms. The molecule has 0 aliphatic rings. The molecule has 4 rings (SSSR count). The zero-order valence-corrected chi connectivity index (χ0v) is 16.7. The normalized spacial score (nSPS) is 12.1. The first-order valence-electron chi connectivity index (χ1n) is 9.35. The molecular weight excluding hydrogens is 404 g/mol. The van der Waals surface area contributed by atoms with Crippen LogP contribution in [0, 0.1) is 0 Å². The van der Waals surface area contributed by atoms with E-state index in [4.69, 9.17) is 18.3 Å². The maximum absolute atomic E-state index is 13.3. The largest absolute Gasteiger partial charge is 0.507 e. The highest BCUT2D eigenvalue weighted by molar-refractivity contribution is 5.85. The van der Waals surface area contributed by atoms with Gasteiger partial charge < -0.3 is 23.4 Å². The third-order valence-electron chi connectivity index (χ3n) is 5.15. The van der Waals surface area contributed by atoms with Crippen LogP contribution in [0.5, 0.6) is 11.5 Å². The summed E-state index contributed by atoms with van der Waals surface area (Å²) < 4.78 is 20.8. The van der Waals surface area contributed by atoms with Crippen molar-refractivity contribution in [3.8, 4) is 11.5 Å². The summed E-state index contributed by atoms with van der Waals surface area (Å²) in [5.74, 6) is -1.76. The number of aromatic hydroxyl groups is 1. The Morgan fingerprint density at radius 2 is 1.84 bits per heavy atom. The average molecular weight is 422 g/mol. The minimum absolute atomic E-state index is 0.00374. The molecule has 0 radical (unpaired) electrons. The first-order valence-corrected chi connectivity index (χ1v) is 9.35. The maximum Gasteiger partial charge on any atom is 0.343 e. The Bertz CT molecular complexity index is 1410. The van der Waals surface area contributed by atoms with Gasteiger partial charge in [-0.1, -0.05) is 12.1 Å². The standard InChI is InChI=1S/C23H18O8/c1-28-12-7-8-17-15(9-12)21(25)16(11-30-17)14(10-19(24)29-2)20-22(26)13-5-3-4-6-18(13)31-23(20)27/h3-9,11,14,26H,10H2,1-2H3/t14-/m1/s1. The topological polar surface area (TPSA) is 116 Å². The zero-order valence-electron chi connectivity index (χ0n) is 16.7. The van der Waals surface area contributed by atoms with Crippen LogP contribution in [0.15, 0.2) is 67.2 Å². The van der Waals surface area contributed by atoms with Gasteiger partial charge in [0.1, 0.15) is 22.7 Å². The van der Waals surface area contributed by atoms with Crippen LogP contribution in [0.4, 0.5) is 0 Å². The predicted molar refractivity (Wildman–Crippen MR) is 112 cm³/mol. The highest BCUT2D eigenvalue weighted by atomic mass is 16.5. The van der Waals surface area contributed by atoms with Crippen molar-refractivity contribution in [2.45, 2.75) is 12.3 Å². The van der Waals surface area contributed by atoms with Gasteiger partial charge in [-0.25, -0.2) is 4.79 Å². The fourth-order valence-corrected chi connectivity index (χ4v) is 3.57. The molecular formula is C23H18O8. The SMILES string of the molecule is COC(=O)C[C@@H](c1c(O)c2ccccc2oc1=O)c1coc2ccc(OC)cc2c1=O. The van der Waals surface area contributed by atoms with Crippen molar-refractivity contribution in [3.05, 3.63) is 80.5 Å². The van der Waals surface area contributed by atoms with Crippen molar-refractivity contribution >= 4 is 27.9 Å². The van der Waals surface area contributed by atoms with Crippen molar-refractivity contribution in [1.29, 1.82) is 0 Å². The summed E-state index contributed by atoms with van der Waals surface area (Å²) in [4.78, 5) is 38.2. The molecule has 1 N–H and O–H groups in total. The minimum atomic E-state index is -1.15. The lowest BCUT2D eigenvalue weighted by Crippen LogP contribution is -2.23. The number of rotatable bonds is 5. The van der Waals surface area contributed by atoms with Crippen molar-refractivity contribution in [2.75, 3.05) is 14.2 Å². The fraction of sp³-hybridized carbons (Fsp3) is 0.174. The van der Waals surface area contributed by atoms with Crippen LogP contribution in [-0.4, -0.2) is 25.3 Å². The number of benzene rings is 2. The van der Waals surface area contributed by atoms with Crippen molar-refractivity contribution < 1.29 is 28.2 Å². The second-order valence-electron chi connectivity index (χ2n) is 6.86. The summed E-state index contributed by atoms with van der Waals surface area (Å²) in [6.45, 7) is 0. The van der Waals surface area contributed by atoms with E-state index in [-0.39, 0.29) is 39.7 Å². The Hall–Kier alpha value is -4.07. The number of esters is 1. The van der Waals surface area contributed by atoms with E-state index in [2.05, 4.69) is 0 Å². The van der Waals surface area contributed by atoms with Gasteiger partial charge in [-0.3, -0.25) is 9.59 Å². The number of methoxy groups -OCH3 is 2. The molecule has 0 bridgehead atoms. The van der Waals surface area contributed by atoms with E-state index in [9.17, 15) is 19.5 Å². The third kappa shape index (κ3) is 3.52. The monoisotopic (exact) mass is 422 g/mol. The van der Waals surface area contributed by atoms with Crippen LogP contribution in [0.3, 0.4) is 0 Å². The highest BCUT2D eigenvalue weighted by Gasteiger charge is 2.30. The van der Waals surface area contributed by atoms with E-state index in [1.807, 2.05) is 0 Å². The molecule has 4 aromatic rings. The molecule has 0 unspecified atom stereocenters. The molecule has 0 fully saturated rings. The van der Waals surface area contributed by atoms with Gasteiger partial charge in [-0.05, 0) is 30.3 Å². The Morgan fingerprint density at radius 1 is 1.06 bits per heavy atom. The van der Waals surface area contributed by atoms with Gasteiger partial charge in [-0.2, -0.15) is 0 Å². The van der Waals surface area contributed by atoms with Crippen LogP contribution >= 0.6 is 0 Å². The van der Waals surface area contributed by atoms with Crippen LogP contribution in [0.1, 0.15) is 23.5 Å².